The highest BCUT2D eigenvalue weighted by Gasteiger charge is 2.09. The van der Waals surface area contributed by atoms with Crippen LogP contribution in [0.15, 0.2) is 47.6 Å². The minimum Gasteiger partial charge on any atom is -0.493 e. The Bertz CT molecular complexity index is 854. The number of benzene rings is 1. The van der Waals surface area contributed by atoms with Gasteiger partial charge in [-0.05, 0) is 29.1 Å². The van der Waals surface area contributed by atoms with Crippen LogP contribution < -0.4 is 0 Å². The van der Waals surface area contributed by atoms with Crippen molar-refractivity contribution in [3.8, 4) is 5.88 Å². The lowest BCUT2D eigenvalue weighted by molar-refractivity contribution is 0.450. The summed E-state index contributed by atoms with van der Waals surface area (Å²) in [5.74, 6) is 0.590. The van der Waals surface area contributed by atoms with Gasteiger partial charge in [-0.1, -0.05) is 23.7 Å². The van der Waals surface area contributed by atoms with Gasteiger partial charge < -0.3 is 10.5 Å². The van der Waals surface area contributed by atoms with Crippen LogP contribution in [0.4, 0.5) is 0 Å². The van der Waals surface area contributed by atoms with E-state index in [-0.39, 0.29) is 5.88 Å². The standard InChI is InChI=1S/C16H12ClN3OS/c17-12-4-3-10-6-15(21)20-16(13(10)7-12)22-9-11-2-1-5-19-14(11)8-18/h1-8,18H,9H2,(H,20,21). The van der Waals surface area contributed by atoms with Crippen molar-refractivity contribution >= 4 is 40.3 Å². The molecule has 0 spiro atoms. The van der Waals surface area contributed by atoms with Gasteiger partial charge in [-0.2, -0.15) is 0 Å². The molecule has 0 unspecified atom stereocenters. The second-order valence-corrected chi connectivity index (χ2v) is 6.03. The van der Waals surface area contributed by atoms with Gasteiger partial charge >= 0.3 is 0 Å². The summed E-state index contributed by atoms with van der Waals surface area (Å²) in [5, 5.41) is 20.3. The second-order valence-electron chi connectivity index (χ2n) is 4.63. The van der Waals surface area contributed by atoms with Gasteiger partial charge in [0.1, 0.15) is 5.03 Å². The van der Waals surface area contributed by atoms with Gasteiger partial charge in [0.2, 0.25) is 5.88 Å². The van der Waals surface area contributed by atoms with Crippen LogP contribution in [-0.4, -0.2) is 21.3 Å². The van der Waals surface area contributed by atoms with Crippen LogP contribution in [0.2, 0.25) is 5.02 Å². The van der Waals surface area contributed by atoms with Crippen LogP contribution in [0.1, 0.15) is 11.3 Å². The van der Waals surface area contributed by atoms with Crippen molar-refractivity contribution in [3.05, 3.63) is 58.9 Å². The minimum atomic E-state index is -0.0178. The van der Waals surface area contributed by atoms with E-state index >= 15 is 0 Å². The van der Waals surface area contributed by atoms with Gasteiger partial charge in [0, 0.05) is 34.6 Å². The first-order valence-electron chi connectivity index (χ1n) is 6.54. The van der Waals surface area contributed by atoms with Crippen LogP contribution >= 0.6 is 23.4 Å². The van der Waals surface area contributed by atoms with Crippen LogP contribution in [-0.2, 0) is 5.75 Å². The van der Waals surface area contributed by atoms with Gasteiger partial charge in [-0.15, -0.1) is 11.8 Å². The molecule has 22 heavy (non-hydrogen) atoms. The van der Waals surface area contributed by atoms with Crippen molar-refractivity contribution in [3.63, 3.8) is 0 Å². The van der Waals surface area contributed by atoms with Gasteiger partial charge in [0.15, 0.2) is 0 Å². The number of nitrogens with one attached hydrogen (secondary N) is 1. The highest BCUT2D eigenvalue weighted by atomic mass is 35.5. The first-order chi connectivity index (χ1) is 10.7. The predicted molar refractivity (Wildman–Crippen MR) is 90.1 cm³/mol. The molecule has 0 saturated carbocycles. The van der Waals surface area contributed by atoms with E-state index in [1.807, 2.05) is 24.3 Å². The molecule has 0 atom stereocenters. The van der Waals surface area contributed by atoms with E-state index in [0.29, 0.717) is 21.5 Å². The molecule has 0 saturated heterocycles. The zero-order valence-electron chi connectivity index (χ0n) is 11.5. The fraction of sp³-hybridized carbons (Fsp3) is 0.0625. The maximum atomic E-state index is 9.77. The molecule has 0 aliphatic heterocycles. The Morgan fingerprint density at radius 1 is 1.27 bits per heavy atom. The van der Waals surface area contributed by atoms with Crippen molar-refractivity contribution in [2.75, 3.05) is 0 Å². The van der Waals surface area contributed by atoms with Gasteiger partial charge in [-0.3, -0.25) is 4.98 Å². The first-order valence-corrected chi connectivity index (χ1v) is 7.90. The van der Waals surface area contributed by atoms with Crippen LogP contribution in [0.5, 0.6) is 5.88 Å². The van der Waals surface area contributed by atoms with Crippen LogP contribution in [0.25, 0.3) is 10.8 Å². The number of aromatic hydroxyl groups is 1. The molecule has 2 heterocycles. The van der Waals surface area contributed by atoms with Crippen molar-refractivity contribution in [2.45, 2.75) is 10.8 Å². The van der Waals surface area contributed by atoms with Crippen molar-refractivity contribution in [2.24, 2.45) is 0 Å². The van der Waals surface area contributed by atoms with Gasteiger partial charge in [0.25, 0.3) is 0 Å². The summed E-state index contributed by atoms with van der Waals surface area (Å²) in [6.45, 7) is 0. The van der Waals surface area contributed by atoms with E-state index in [1.165, 1.54) is 18.0 Å². The molecule has 1 aromatic carbocycles. The SMILES string of the molecule is N=Cc1ncccc1CSc1nc(O)cc2ccc(Cl)cc12. The molecule has 6 heteroatoms. The molecule has 0 radical (unpaired) electrons. The highest BCUT2D eigenvalue weighted by molar-refractivity contribution is 7.98. The first kappa shape index (κ1) is 14.8. The number of fused-ring (bicyclic) bond motifs is 1. The third kappa shape index (κ3) is 3.05. The lowest BCUT2D eigenvalue weighted by Gasteiger charge is -2.08. The Kier molecular flexibility index (Phi) is 4.27. The third-order valence-electron chi connectivity index (χ3n) is 3.17. The maximum absolute atomic E-state index is 9.77. The molecule has 0 bridgehead atoms. The molecule has 0 fully saturated rings. The molecule has 3 rings (SSSR count). The molecular weight excluding hydrogens is 318 g/mol. The number of rotatable bonds is 4. The average Bonchev–Trinajstić information content (AvgIpc) is 2.53. The molecule has 0 amide bonds. The van der Waals surface area contributed by atoms with Gasteiger partial charge in [0.05, 0.1) is 5.69 Å². The summed E-state index contributed by atoms with van der Waals surface area (Å²) in [6.07, 6.45) is 2.90. The molecule has 2 N–H and O–H groups in total. The zero-order chi connectivity index (χ0) is 15.5. The average molecular weight is 330 g/mol. The fourth-order valence-corrected chi connectivity index (χ4v) is 3.33. The normalized spacial score (nSPS) is 10.8. The summed E-state index contributed by atoms with van der Waals surface area (Å²) in [4.78, 5) is 8.35. The minimum absolute atomic E-state index is 0.0178. The van der Waals surface area contributed by atoms with E-state index < -0.39 is 0 Å². The molecule has 0 aliphatic carbocycles. The molecular formula is C16H12ClN3OS. The zero-order valence-corrected chi connectivity index (χ0v) is 13.0. The quantitative estimate of drug-likeness (QED) is 0.553. The summed E-state index contributed by atoms with van der Waals surface area (Å²) in [7, 11) is 0. The molecule has 110 valence electrons. The Morgan fingerprint density at radius 2 is 2.14 bits per heavy atom. The summed E-state index contributed by atoms with van der Waals surface area (Å²) >= 11 is 7.54. The number of thioether (sulfide) groups is 1. The predicted octanol–water partition coefficient (Wildman–Crippen LogP) is 4.28. The highest BCUT2D eigenvalue weighted by Crippen LogP contribution is 2.32. The van der Waals surface area contributed by atoms with Crippen LogP contribution in [0.3, 0.4) is 0 Å². The van der Waals surface area contributed by atoms with Gasteiger partial charge in [-0.25, -0.2) is 4.98 Å². The number of nitrogens with zero attached hydrogens (tertiary/aromatic N) is 2. The second kappa shape index (κ2) is 6.34. The largest absolute Gasteiger partial charge is 0.493 e. The summed E-state index contributed by atoms with van der Waals surface area (Å²) in [6, 6.07) is 10.9. The maximum Gasteiger partial charge on any atom is 0.212 e. The van der Waals surface area contributed by atoms with E-state index in [9.17, 15) is 5.11 Å². The number of aromatic nitrogens is 2. The number of hydrogen-bond acceptors (Lipinski definition) is 5. The van der Waals surface area contributed by atoms with E-state index in [1.54, 1.807) is 18.3 Å². The Hall–Kier alpha value is -2.11. The fourth-order valence-electron chi connectivity index (χ4n) is 2.13. The Balaban J connectivity index is 1.96. The van der Waals surface area contributed by atoms with Crippen molar-refractivity contribution in [1.82, 2.24) is 9.97 Å². The lowest BCUT2D eigenvalue weighted by Crippen LogP contribution is -1.94. The number of halogens is 1. The number of pyridine rings is 2. The van der Waals surface area contributed by atoms with E-state index in [0.717, 1.165) is 16.3 Å². The Labute approximate surface area is 136 Å². The molecule has 2 aromatic heterocycles. The van der Waals surface area contributed by atoms with Crippen LogP contribution in [0, 0.1) is 5.41 Å². The summed E-state index contributed by atoms with van der Waals surface area (Å²) in [5.41, 5.74) is 1.58. The number of hydrogen-bond donors (Lipinski definition) is 2. The molecule has 3 aromatic rings. The van der Waals surface area contributed by atoms with Crippen molar-refractivity contribution < 1.29 is 5.11 Å². The van der Waals surface area contributed by atoms with E-state index in [2.05, 4.69) is 9.97 Å². The van der Waals surface area contributed by atoms with Crippen molar-refractivity contribution in [1.29, 1.82) is 5.41 Å². The van der Waals surface area contributed by atoms with E-state index in [4.69, 9.17) is 17.0 Å². The third-order valence-corrected chi connectivity index (χ3v) is 4.45. The smallest absolute Gasteiger partial charge is 0.212 e. The molecule has 4 nitrogen and oxygen atoms in total. The topological polar surface area (TPSA) is 69.9 Å². The molecule has 0 aliphatic rings. The monoisotopic (exact) mass is 329 g/mol. The lowest BCUT2D eigenvalue weighted by atomic mass is 10.2. The Morgan fingerprint density at radius 3 is 2.95 bits per heavy atom. The summed E-state index contributed by atoms with van der Waals surface area (Å²) < 4.78 is 0.